The van der Waals surface area contributed by atoms with Crippen LogP contribution in [0.15, 0.2) is 16.5 Å². The SMILES string of the molecule is CCC(C)[C@H](N)C(=O)NC(C)c1ccc(C)o1. The van der Waals surface area contributed by atoms with Crippen LogP contribution in [0.1, 0.15) is 44.8 Å². The van der Waals surface area contributed by atoms with E-state index < -0.39 is 6.04 Å². The first kappa shape index (κ1) is 13.8. The van der Waals surface area contributed by atoms with Gasteiger partial charge in [0.25, 0.3) is 0 Å². The van der Waals surface area contributed by atoms with Crippen LogP contribution in [0.2, 0.25) is 0 Å². The number of nitrogens with two attached hydrogens (primary N) is 1. The van der Waals surface area contributed by atoms with Crippen molar-refractivity contribution in [2.75, 3.05) is 0 Å². The molecule has 4 nitrogen and oxygen atoms in total. The fourth-order valence-electron chi connectivity index (χ4n) is 1.58. The van der Waals surface area contributed by atoms with E-state index in [1.54, 1.807) is 0 Å². The third-order valence-electron chi connectivity index (χ3n) is 3.11. The van der Waals surface area contributed by atoms with Gasteiger partial charge in [-0.05, 0) is 31.9 Å². The molecule has 3 atom stereocenters. The topological polar surface area (TPSA) is 68.3 Å². The fourth-order valence-corrected chi connectivity index (χ4v) is 1.58. The largest absolute Gasteiger partial charge is 0.464 e. The van der Waals surface area contributed by atoms with Gasteiger partial charge in [0.1, 0.15) is 11.5 Å². The van der Waals surface area contributed by atoms with E-state index >= 15 is 0 Å². The molecule has 1 aromatic heterocycles. The Labute approximate surface area is 103 Å². The molecule has 96 valence electrons. The molecule has 1 aromatic rings. The van der Waals surface area contributed by atoms with Crippen molar-refractivity contribution in [1.29, 1.82) is 0 Å². The van der Waals surface area contributed by atoms with Crippen LogP contribution in [0.4, 0.5) is 0 Å². The molecule has 0 spiro atoms. The van der Waals surface area contributed by atoms with Crippen molar-refractivity contribution in [3.05, 3.63) is 23.7 Å². The summed E-state index contributed by atoms with van der Waals surface area (Å²) >= 11 is 0. The molecule has 3 N–H and O–H groups in total. The van der Waals surface area contributed by atoms with Crippen LogP contribution in [0, 0.1) is 12.8 Å². The maximum absolute atomic E-state index is 11.9. The maximum atomic E-state index is 11.9. The molecule has 1 amide bonds. The molecule has 0 saturated carbocycles. The molecular weight excluding hydrogens is 216 g/mol. The number of carbonyl (C=O) groups is 1. The normalized spacial score (nSPS) is 16.3. The second-order valence-corrected chi connectivity index (χ2v) is 4.59. The monoisotopic (exact) mass is 238 g/mol. The second kappa shape index (κ2) is 5.87. The van der Waals surface area contributed by atoms with Gasteiger partial charge in [-0.3, -0.25) is 4.79 Å². The summed E-state index contributed by atoms with van der Waals surface area (Å²) in [4.78, 5) is 11.9. The molecule has 4 heteroatoms. The van der Waals surface area contributed by atoms with Gasteiger partial charge in [-0.2, -0.15) is 0 Å². The summed E-state index contributed by atoms with van der Waals surface area (Å²) in [5.74, 6) is 1.65. The number of hydrogen-bond acceptors (Lipinski definition) is 3. The molecule has 0 aliphatic rings. The van der Waals surface area contributed by atoms with Crippen molar-refractivity contribution in [2.45, 2.75) is 46.2 Å². The Hall–Kier alpha value is -1.29. The fraction of sp³-hybridized carbons (Fsp3) is 0.615. The van der Waals surface area contributed by atoms with E-state index in [0.717, 1.165) is 17.9 Å². The highest BCUT2D eigenvalue weighted by Crippen LogP contribution is 2.16. The Morgan fingerprint density at radius 3 is 2.59 bits per heavy atom. The summed E-state index contributed by atoms with van der Waals surface area (Å²) in [6.45, 7) is 7.77. The van der Waals surface area contributed by atoms with Crippen molar-refractivity contribution in [3.63, 3.8) is 0 Å². The van der Waals surface area contributed by atoms with E-state index in [-0.39, 0.29) is 17.9 Å². The Kier molecular flexibility index (Phi) is 4.75. The van der Waals surface area contributed by atoms with Crippen LogP contribution in [-0.2, 0) is 4.79 Å². The average Bonchev–Trinajstić information content (AvgIpc) is 2.73. The van der Waals surface area contributed by atoms with E-state index in [2.05, 4.69) is 5.32 Å². The molecule has 2 unspecified atom stereocenters. The number of furan rings is 1. The lowest BCUT2D eigenvalue weighted by Gasteiger charge is -2.20. The van der Waals surface area contributed by atoms with Gasteiger partial charge in [0.2, 0.25) is 5.91 Å². The molecule has 0 saturated heterocycles. The Balaban J connectivity index is 2.57. The molecule has 1 rings (SSSR count). The number of hydrogen-bond donors (Lipinski definition) is 2. The first-order chi connectivity index (χ1) is 7.95. The van der Waals surface area contributed by atoms with E-state index in [1.807, 2.05) is 39.8 Å². The molecule has 0 bridgehead atoms. The van der Waals surface area contributed by atoms with Gasteiger partial charge in [-0.25, -0.2) is 0 Å². The third-order valence-corrected chi connectivity index (χ3v) is 3.11. The maximum Gasteiger partial charge on any atom is 0.237 e. The van der Waals surface area contributed by atoms with Crippen LogP contribution in [0.3, 0.4) is 0 Å². The van der Waals surface area contributed by atoms with Crippen LogP contribution in [0.5, 0.6) is 0 Å². The van der Waals surface area contributed by atoms with Crippen molar-refractivity contribution in [1.82, 2.24) is 5.32 Å². The van der Waals surface area contributed by atoms with E-state index in [0.29, 0.717) is 0 Å². The van der Waals surface area contributed by atoms with E-state index in [1.165, 1.54) is 0 Å². The smallest absolute Gasteiger partial charge is 0.237 e. The molecule has 17 heavy (non-hydrogen) atoms. The zero-order valence-corrected chi connectivity index (χ0v) is 11.0. The number of carbonyl (C=O) groups excluding carboxylic acids is 1. The van der Waals surface area contributed by atoms with Crippen LogP contribution in [-0.4, -0.2) is 11.9 Å². The van der Waals surface area contributed by atoms with E-state index in [4.69, 9.17) is 10.2 Å². The van der Waals surface area contributed by atoms with Crippen molar-refractivity contribution < 1.29 is 9.21 Å². The molecule has 1 heterocycles. The third kappa shape index (κ3) is 3.60. The molecule has 0 aliphatic heterocycles. The van der Waals surface area contributed by atoms with Crippen molar-refractivity contribution in [3.8, 4) is 0 Å². The van der Waals surface area contributed by atoms with Crippen molar-refractivity contribution in [2.24, 2.45) is 11.7 Å². The summed E-state index contributed by atoms with van der Waals surface area (Å²) in [7, 11) is 0. The molecular formula is C13H22N2O2. The Morgan fingerprint density at radius 2 is 2.12 bits per heavy atom. The standard InChI is InChI=1S/C13H22N2O2/c1-5-8(2)12(14)13(16)15-10(4)11-7-6-9(3)17-11/h6-8,10,12H,5,14H2,1-4H3,(H,15,16)/t8?,10?,12-/m0/s1. The number of aryl methyl sites for hydroxylation is 1. The Morgan fingerprint density at radius 1 is 1.47 bits per heavy atom. The van der Waals surface area contributed by atoms with Crippen LogP contribution in [0.25, 0.3) is 0 Å². The van der Waals surface area contributed by atoms with Gasteiger partial charge in [-0.15, -0.1) is 0 Å². The molecule has 0 aromatic carbocycles. The lowest BCUT2D eigenvalue weighted by molar-refractivity contribution is -0.124. The summed E-state index contributed by atoms with van der Waals surface area (Å²) < 4.78 is 5.46. The summed E-state index contributed by atoms with van der Waals surface area (Å²) in [5.41, 5.74) is 5.86. The lowest BCUT2D eigenvalue weighted by atomic mass is 9.99. The van der Waals surface area contributed by atoms with Gasteiger partial charge in [0.05, 0.1) is 12.1 Å². The number of amides is 1. The Bertz CT molecular complexity index is 373. The minimum Gasteiger partial charge on any atom is -0.464 e. The summed E-state index contributed by atoms with van der Waals surface area (Å²) in [5, 5.41) is 2.87. The first-order valence-electron chi connectivity index (χ1n) is 6.08. The number of nitrogens with one attached hydrogen (secondary N) is 1. The van der Waals surface area contributed by atoms with E-state index in [9.17, 15) is 4.79 Å². The predicted octanol–water partition coefficient (Wildman–Crippen LogP) is 2.14. The second-order valence-electron chi connectivity index (χ2n) is 4.59. The predicted molar refractivity (Wildman–Crippen MR) is 67.4 cm³/mol. The zero-order valence-electron chi connectivity index (χ0n) is 11.0. The minimum absolute atomic E-state index is 0.124. The zero-order chi connectivity index (χ0) is 13.0. The highest BCUT2D eigenvalue weighted by atomic mass is 16.3. The van der Waals surface area contributed by atoms with Gasteiger partial charge >= 0.3 is 0 Å². The number of rotatable bonds is 5. The molecule has 0 fully saturated rings. The lowest BCUT2D eigenvalue weighted by Crippen LogP contribution is -2.45. The van der Waals surface area contributed by atoms with Gasteiger partial charge < -0.3 is 15.5 Å². The van der Waals surface area contributed by atoms with Crippen LogP contribution < -0.4 is 11.1 Å². The molecule has 0 radical (unpaired) electrons. The van der Waals surface area contributed by atoms with Gasteiger partial charge in [-0.1, -0.05) is 20.3 Å². The first-order valence-corrected chi connectivity index (χ1v) is 6.08. The van der Waals surface area contributed by atoms with Gasteiger partial charge in [0.15, 0.2) is 0 Å². The molecule has 0 aliphatic carbocycles. The average molecular weight is 238 g/mol. The van der Waals surface area contributed by atoms with Crippen molar-refractivity contribution >= 4 is 5.91 Å². The minimum atomic E-state index is -0.460. The van der Waals surface area contributed by atoms with Crippen LogP contribution >= 0.6 is 0 Å². The highest BCUT2D eigenvalue weighted by molar-refractivity contribution is 5.82. The highest BCUT2D eigenvalue weighted by Gasteiger charge is 2.22. The quantitative estimate of drug-likeness (QED) is 0.825. The summed E-state index contributed by atoms with van der Waals surface area (Å²) in [6.07, 6.45) is 0.892. The summed E-state index contributed by atoms with van der Waals surface area (Å²) in [6, 6.07) is 3.14. The van der Waals surface area contributed by atoms with Gasteiger partial charge in [0, 0.05) is 0 Å².